The van der Waals surface area contributed by atoms with Crippen molar-refractivity contribution in [3.63, 3.8) is 0 Å². The van der Waals surface area contributed by atoms with Crippen LogP contribution in [0.15, 0.2) is 47.4 Å². The number of aryl methyl sites for hydroxylation is 1. The Kier molecular flexibility index (Phi) is 4.39. The quantitative estimate of drug-likeness (QED) is 0.723. The lowest BCUT2D eigenvalue weighted by molar-refractivity contribution is 0.240. The van der Waals surface area contributed by atoms with Gasteiger partial charge < -0.3 is 9.42 Å². The number of anilines is 1. The fourth-order valence-electron chi connectivity index (χ4n) is 3.01. The molecule has 3 aromatic heterocycles. The normalized spacial score (nSPS) is 15.5. The Morgan fingerprint density at radius 1 is 1.04 bits per heavy atom. The van der Waals surface area contributed by atoms with Crippen LogP contribution in [0.2, 0.25) is 0 Å². The molecule has 0 atom stereocenters. The third-order valence-corrected chi connectivity index (χ3v) is 4.34. The van der Waals surface area contributed by atoms with Crippen LogP contribution in [-0.4, -0.2) is 51.2 Å². The Hall–Kier alpha value is -2.80. The van der Waals surface area contributed by atoms with E-state index in [2.05, 4.69) is 24.9 Å². The van der Waals surface area contributed by atoms with Crippen molar-refractivity contribution in [3.8, 4) is 11.3 Å². The molecule has 0 bridgehead atoms. The van der Waals surface area contributed by atoms with E-state index in [1.54, 1.807) is 12.4 Å². The molecule has 0 unspecified atom stereocenters. The largest absolute Gasteiger partial charge is 0.361 e. The summed E-state index contributed by atoms with van der Waals surface area (Å²) < 4.78 is 5.14. The highest BCUT2D eigenvalue weighted by atomic mass is 16.5. The van der Waals surface area contributed by atoms with Gasteiger partial charge >= 0.3 is 0 Å². The summed E-state index contributed by atoms with van der Waals surface area (Å²) in [4.78, 5) is 17.8. The van der Waals surface area contributed by atoms with Crippen molar-refractivity contribution in [2.45, 2.75) is 13.5 Å². The van der Waals surface area contributed by atoms with Crippen LogP contribution in [0.3, 0.4) is 0 Å². The van der Waals surface area contributed by atoms with Crippen LogP contribution >= 0.6 is 0 Å². The number of hydrogen-bond acceptors (Lipinski definition) is 7. The zero-order chi connectivity index (χ0) is 17.1. The van der Waals surface area contributed by atoms with Crippen LogP contribution in [-0.2, 0) is 6.54 Å². The van der Waals surface area contributed by atoms with Crippen LogP contribution in [0.25, 0.3) is 11.3 Å². The highest BCUT2D eigenvalue weighted by Gasteiger charge is 2.20. The first-order chi connectivity index (χ1) is 12.3. The van der Waals surface area contributed by atoms with E-state index in [4.69, 9.17) is 9.51 Å². The number of pyridine rings is 1. The summed E-state index contributed by atoms with van der Waals surface area (Å²) in [5.74, 6) is 1.64. The van der Waals surface area contributed by atoms with E-state index in [0.29, 0.717) is 0 Å². The van der Waals surface area contributed by atoms with Crippen molar-refractivity contribution in [1.82, 2.24) is 25.0 Å². The van der Waals surface area contributed by atoms with E-state index >= 15 is 0 Å². The SMILES string of the molecule is Cc1cc(CN2CCN(c3nccc(-c4ccncc4)n3)CC2)no1. The minimum Gasteiger partial charge on any atom is -0.361 e. The zero-order valence-corrected chi connectivity index (χ0v) is 14.2. The predicted octanol–water partition coefficient (Wildman–Crippen LogP) is 2.16. The van der Waals surface area contributed by atoms with Crippen LogP contribution in [0.1, 0.15) is 11.5 Å². The summed E-state index contributed by atoms with van der Waals surface area (Å²) in [5, 5.41) is 4.07. The second kappa shape index (κ2) is 6.98. The van der Waals surface area contributed by atoms with Crippen LogP contribution in [0, 0.1) is 6.92 Å². The molecule has 0 amide bonds. The van der Waals surface area contributed by atoms with Crippen molar-refractivity contribution >= 4 is 5.95 Å². The highest BCUT2D eigenvalue weighted by molar-refractivity contribution is 5.59. The zero-order valence-electron chi connectivity index (χ0n) is 14.2. The van der Waals surface area contributed by atoms with Gasteiger partial charge in [0.2, 0.25) is 5.95 Å². The molecule has 7 nitrogen and oxygen atoms in total. The van der Waals surface area contributed by atoms with Gasteiger partial charge in [-0.05, 0) is 25.1 Å². The third-order valence-electron chi connectivity index (χ3n) is 4.34. The van der Waals surface area contributed by atoms with Crippen LogP contribution in [0.4, 0.5) is 5.95 Å². The average Bonchev–Trinajstić information content (AvgIpc) is 3.08. The Balaban J connectivity index is 1.41. The van der Waals surface area contributed by atoms with E-state index in [9.17, 15) is 0 Å². The minimum absolute atomic E-state index is 0.784. The summed E-state index contributed by atoms with van der Waals surface area (Å²) in [5.41, 5.74) is 2.97. The molecule has 1 aliphatic rings. The van der Waals surface area contributed by atoms with Gasteiger partial charge in [-0.3, -0.25) is 9.88 Å². The molecule has 4 rings (SSSR count). The van der Waals surface area contributed by atoms with Gasteiger partial charge in [0.25, 0.3) is 0 Å². The molecule has 7 heteroatoms. The smallest absolute Gasteiger partial charge is 0.225 e. The number of aromatic nitrogens is 4. The molecule has 0 saturated carbocycles. The summed E-state index contributed by atoms with van der Waals surface area (Å²) in [6.07, 6.45) is 5.38. The maximum atomic E-state index is 5.14. The molecule has 1 saturated heterocycles. The topological polar surface area (TPSA) is 71.2 Å². The molecule has 0 N–H and O–H groups in total. The highest BCUT2D eigenvalue weighted by Crippen LogP contribution is 2.19. The molecule has 1 fully saturated rings. The first-order valence-corrected chi connectivity index (χ1v) is 8.41. The Bertz CT molecular complexity index is 826. The van der Waals surface area contributed by atoms with Gasteiger partial charge in [0.1, 0.15) is 5.76 Å². The number of nitrogens with zero attached hydrogens (tertiary/aromatic N) is 6. The molecule has 0 spiro atoms. The van der Waals surface area contributed by atoms with Crippen molar-refractivity contribution < 1.29 is 4.52 Å². The maximum absolute atomic E-state index is 5.14. The number of rotatable bonds is 4. The van der Waals surface area contributed by atoms with E-state index < -0.39 is 0 Å². The standard InChI is InChI=1S/C18H20N6O/c1-14-12-16(22-25-14)13-23-8-10-24(11-9-23)18-20-7-4-17(21-18)15-2-5-19-6-3-15/h2-7,12H,8-11,13H2,1H3. The van der Waals surface area contributed by atoms with Gasteiger partial charge in [0, 0.05) is 62.9 Å². The predicted molar refractivity (Wildman–Crippen MR) is 94.0 cm³/mol. The van der Waals surface area contributed by atoms with Gasteiger partial charge in [-0.2, -0.15) is 0 Å². The van der Waals surface area contributed by atoms with E-state index in [1.165, 1.54) is 0 Å². The summed E-state index contributed by atoms with van der Waals surface area (Å²) in [6.45, 7) is 6.45. The van der Waals surface area contributed by atoms with Gasteiger partial charge in [-0.1, -0.05) is 5.16 Å². The third kappa shape index (κ3) is 3.66. The van der Waals surface area contributed by atoms with Gasteiger partial charge in [-0.15, -0.1) is 0 Å². The lowest BCUT2D eigenvalue weighted by Crippen LogP contribution is -2.46. The fourth-order valence-corrected chi connectivity index (χ4v) is 3.01. The molecule has 0 aliphatic carbocycles. The summed E-state index contributed by atoms with van der Waals surface area (Å²) in [6, 6.07) is 7.85. The van der Waals surface area contributed by atoms with Crippen LogP contribution < -0.4 is 4.90 Å². The number of piperazine rings is 1. The second-order valence-electron chi connectivity index (χ2n) is 6.17. The fraction of sp³-hybridized carbons (Fsp3) is 0.333. The lowest BCUT2D eigenvalue weighted by atomic mass is 10.2. The first kappa shape index (κ1) is 15.7. The lowest BCUT2D eigenvalue weighted by Gasteiger charge is -2.34. The van der Waals surface area contributed by atoms with E-state index in [1.807, 2.05) is 37.4 Å². The molecule has 0 aromatic carbocycles. The van der Waals surface area contributed by atoms with Crippen molar-refractivity contribution in [2.24, 2.45) is 0 Å². The Morgan fingerprint density at radius 3 is 2.56 bits per heavy atom. The second-order valence-corrected chi connectivity index (χ2v) is 6.17. The van der Waals surface area contributed by atoms with Gasteiger partial charge in [-0.25, -0.2) is 9.97 Å². The van der Waals surface area contributed by atoms with Crippen LogP contribution in [0.5, 0.6) is 0 Å². The van der Waals surface area contributed by atoms with E-state index in [-0.39, 0.29) is 0 Å². The molecule has 25 heavy (non-hydrogen) atoms. The molecule has 3 aromatic rings. The first-order valence-electron chi connectivity index (χ1n) is 8.41. The molecule has 4 heterocycles. The number of hydrogen-bond donors (Lipinski definition) is 0. The van der Waals surface area contributed by atoms with Gasteiger partial charge in [0.05, 0.1) is 11.4 Å². The summed E-state index contributed by atoms with van der Waals surface area (Å²) >= 11 is 0. The Labute approximate surface area is 146 Å². The summed E-state index contributed by atoms with van der Waals surface area (Å²) in [7, 11) is 0. The maximum Gasteiger partial charge on any atom is 0.225 e. The Morgan fingerprint density at radius 2 is 1.84 bits per heavy atom. The molecule has 0 radical (unpaired) electrons. The molecular formula is C18H20N6O. The van der Waals surface area contributed by atoms with Gasteiger partial charge in [0.15, 0.2) is 0 Å². The van der Waals surface area contributed by atoms with E-state index in [0.717, 1.165) is 61.4 Å². The minimum atomic E-state index is 0.784. The monoisotopic (exact) mass is 336 g/mol. The molecule has 128 valence electrons. The molecular weight excluding hydrogens is 316 g/mol. The van der Waals surface area contributed by atoms with Crippen molar-refractivity contribution in [1.29, 1.82) is 0 Å². The average molecular weight is 336 g/mol. The van der Waals surface area contributed by atoms with Crippen molar-refractivity contribution in [3.05, 3.63) is 54.3 Å². The van der Waals surface area contributed by atoms with Crippen molar-refractivity contribution in [2.75, 3.05) is 31.1 Å². The molecule has 1 aliphatic heterocycles.